The highest BCUT2D eigenvalue weighted by Crippen LogP contribution is 2.35. The van der Waals surface area contributed by atoms with E-state index in [-0.39, 0.29) is 18.0 Å². The minimum absolute atomic E-state index is 0.0386. The van der Waals surface area contributed by atoms with E-state index < -0.39 is 11.8 Å². The second kappa shape index (κ2) is 7.89. The monoisotopic (exact) mass is 426 g/mol. The molecule has 0 aromatic carbocycles. The number of aromatic nitrogens is 4. The van der Waals surface area contributed by atoms with E-state index in [4.69, 9.17) is 0 Å². The molecule has 4 rings (SSSR count). The van der Waals surface area contributed by atoms with Crippen molar-refractivity contribution < 1.29 is 14.4 Å². The number of nitrogens with one attached hydrogen (secondary N) is 3. The third-order valence-corrected chi connectivity index (χ3v) is 5.82. The summed E-state index contributed by atoms with van der Waals surface area (Å²) in [6.45, 7) is 3.34. The number of urea groups is 1. The number of hydrogen-bond donors (Lipinski definition) is 3. The van der Waals surface area contributed by atoms with Crippen LogP contribution in [0.5, 0.6) is 0 Å². The molecule has 1 fully saturated rings. The van der Waals surface area contributed by atoms with Crippen LogP contribution in [-0.4, -0.2) is 81.6 Å². The minimum atomic E-state index is -0.778. The van der Waals surface area contributed by atoms with Crippen molar-refractivity contribution in [3.63, 3.8) is 0 Å². The van der Waals surface area contributed by atoms with Crippen LogP contribution >= 0.6 is 0 Å². The van der Waals surface area contributed by atoms with E-state index in [0.29, 0.717) is 29.9 Å². The van der Waals surface area contributed by atoms with Crippen LogP contribution < -0.4 is 10.6 Å². The summed E-state index contributed by atoms with van der Waals surface area (Å²) in [5.74, 6) is -0.874. The first-order valence-corrected chi connectivity index (χ1v) is 10.1. The summed E-state index contributed by atoms with van der Waals surface area (Å²) < 4.78 is 1.97. The van der Waals surface area contributed by atoms with Gasteiger partial charge in [-0.3, -0.25) is 19.4 Å². The Labute approximate surface area is 178 Å². The molecule has 0 unspecified atom stereocenters. The molecule has 4 amide bonds. The molecular weight excluding hydrogens is 400 g/mol. The lowest BCUT2D eigenvalue weighted by atomic mass is 9.93. The zero-order valence-corrected chi connectivity index (χ0v) is 18.0. The van der Waals surface area contributed by atoms with Crippen LogP contribution in [-0.2, 0) is 9.59 Å². The van der Waals surface area contributed by atoms with Gasteiger partial charge >= 0.3 is 17.8 Å². The predicted octanol–water partition coefficient (Wildman–Crippen LogP) is 1.16. The van der Waals surface area contributed by atoms with Crippen molar-refractivity contribution >= 4 is 45.6 Å². The molecule has 11 heteroatoms. The summed E-state index contributed by atoms with van der Waals surface area (Å²) in [7, 11) is 4.88. The number of pyridine rings is 1. The molecule has 1 aliphatic rings. The van der Waals surface area contributed by atoms with Crippen molar-refractivity contribution in [2.75, 3.05) is 39.5 Å². The molecule has 0 bridgehead atoms. The predicted molar refractivity (Wildman–Crippen MR) is 116 cm³/mol. The third kappa shape index (κ3) is 3.56. The topological polar surface area (TPSA) is 128 Å². The minimum Gasteiger partial charge on any atom is -0.351 e. The smallest absolute Gasteiger partial charge is 0.319 e. The molecule has 3 aromatic rings. The molecule has 0 spiro atoms. The fourth-order valence-corrected chi connectivity index (χ4v) is 4.09. The van der Waals surface area contributed by atoms with E-state index >= 15 is 0 Å². The van der Waals surface area contributed by atoms with Crippen molar-refractivity contribution in [1.82, 2.24) is 34.9 Å². The Morgan fingerprint density at radius 3 is 2.68 bits per heavy atom. The highest BCUT2D eigenvalue weighted by atomic mass is 16.2. The average Bonchev–Trinajstić information content (AvgIpc) is 3.37. The van der Waals surface area contributed by atoms with Gasteiger partial charge in [-0.2, -0.15) is 0 Å². The lowest BCUT2D eigenvalue weighted by molar-refractivity contribution is -0.135. The van der Waals surface area contributed by atoms with Gasteiger partial charge in [-0.1, -0.05) is 6.92 Å². The number of likely N-dealkylation sites (N-methyl/N-ethyl adjacent to an activating group) is 1. The van der Waals surface area contributed by atoms with Crippen LogP contribution in [0.3, 0.4) is 0 Å². The van der Waals surface area contributed by atoms with Gasteiger partial charge in [0.25, 0.3) is 0 Å². The van der Waals surface area contributed by atoms with Crippen molar-refractivity contribution in [2.24, 2.45) is 5.92 Å². The zero-order valence-electron chi connectivity index (χ0n) is 18.0. The molecular formula is C20H26N8O3. The van der Waals surface area contributed by atoms with Gasteiger partial charge < -0.3 is 20.4 Å². The Morgan fingerprint density at radius 2 is 1.97 bits per heavy atom. The molecule has 11 nitrogen and oxygen atoms in total. The Morgan fingerprint density at radius 1 is 1.19 bits per heavy atom. The summed E-state index contributed by atoms with van der Waals surface area (Å²) in [6.07, 6.45) is 4.15. The van der Waals surface area contributed by atoms with Gasteiger partial charge in [-0.25, -0.2) is 14.8 Å². The summed E-state index contributed by atoms with van der Waals surface area (Å²) in [5, 5.41) is 9.72. The van der Waals surface area contributed by atoms with Gasteiger partial charge in [0.2, 0.25) is 0 Å². The number of nitrogens with zero attached hydrogens (tertiary/aromatic N) is 5. The van der Waals surface area contributed by atoms with E-state index in [0.717, 1.165) is 17.3 Å². The van der Waals surface area contributed by atoms with E-state index in [2.05, 4.69) is 32.6 Å². The van der Waals surface area contributed by atoms with Crippen molar-refractivity contribution in [2.45, 2.75) is 19.4 Å². The average molecular weight is 426 g/mol. The van der Waals surface area contributed by atoms with Crippen LogP contribution in [0.25, 0.3) is 21.9 Å². The second-order valence-corrected chi connectivity index (χ2v) is 8.05. The molecule has 3 N–H and O–H groups in total. The molecule has 31 heavy (non-hydrogen) atoms. The molecule has 3 aromatic heterocycles. The maximum absolute atomic E-state index is 12.6. The van der Waals surface area contributed by atoms with Crippen LogP contribution in [0.15, 0.2) is 18.5 Å². The van der Waals surface area contributed by atoms with Gasteiger partial charge in [0.15, 0.2) is 5.65 Å². The largest absolute Gasteiger partial charge is 0.351 e. The van der Waals surface area contributed by atoms with Gasteiger partial charge in [0, 0.05) is 52.0 Å². The summed E-state index contributed by atoms with van der Waals surface area (Å²) >= 11 is 0. The molecule has 1 saturated heterocycles. The molecule has 0 radical (unpaired) electrons. The van der Waals surface area contributed by atoms with Gasteiger partial charge in [0.1, 0.15) is 5.82 Å². The highest BCUT2D eigenvalue weighted by molar-refractivity contribution is 6.40. The Bertz CT molecular complexity index is 1160. The lowest BCUT2D eigenvalue weighted by Gasteiger charge is -2.38. The lowest BCUT2D eigenvalue weighted by Crippen LogP contribution is -2.47. The SMILES string of the molecule is CNC(=O)C(=O)Nc1[nH]n([C@H]2CN(C(=O)N(C)C)CC[C@H]2C)c2c1cnc1nccc12. The van der Waals surface area contributed by atoms with E-state index in [9.17, 15) is 14.4 Å². The van der Waals surface area contributed by atoms with E-state index in [1.807, 2.05) is 15.6 Å². The maximum Gasteiger partial charge on any atom is 0.319 e. The molecule has 0 aliphatic carbocycles. The molecule has 0 saturated carbocycles. The maximum atomic E-state index is 12.6. The number of hydrogen-bond acceptors (Lipinski definition) is 5. The fraction of sp³-hybridized carbons (Fsp3) is 0.450. The van der Waals surface area contributed by atoms with Crippen molar-refractivity contribution in [3.05, 3.63) is 18.5 Å². The highest BCUT2D eigenvalue weighted by Gasteiger charge is 2.33. The number of aromatic amines is 1. The van der Waals surface area contributed by atoms with Crippen molar-refractivity contribution in [3.8, 4) is 0 Å². The first-order chi connectivity index (χ1) is 14.8. The van der Waals surface area contributed by atoms with Crippen LogP contribution in [0.2, 0.25) is 0 Å². The quantitative estimate of drug-likeness (QED) is 0.530. The van der Waals surface area contributed by atoms with Crippen LogP contribution in [0.1, 0.15) is 19.4 Å². The number of rotatable bonds is 2. The van der Waals surface area contributed by atoms with Crippen LogP contribution in [0, 0.1) is 5.92 Å². The van der Waals surface area contributed by atoms with E-state index in [1.165, 1.54) is 7.05 Å². The van der Waals surface area contributed by atoms with Gasteiger partial charge in [0.05, 0.1) is 16.9 Å². The Balaban J connectivity index is 1.82. The molecule has 164 valence electrons. The second-order valence-electron chi connectivity index (χ2n) is 8.05. The number of anilines is 1. The van der Waals surface area contributed by atoms with Crippen LogP contribution in [0.4, 0.5) is 10.6 Å². The third-order valence-electron chi connectivity index (χ3n) is 5.82. The number of likely N-dealkylation sites (tertiary alicyclic amines) is 1. The summed E-state index contributed by atoms with van der Waals surface area (Å²) in [4.78, 5) is 48.6. The standard InChI is InChI=1S/C20H26N8O3/c1-11-6-8-27(20(31)26(3)4)10-14(11)28-15-12-5-7-22-16(12)23-9-13(15)17(25-28)24-19(30)18(29)21-2/h5,7,9,11,14,25H,6,8,10H2,1-4H3,(H,21,29)(H,24,30)/t11-,14+/m1/s1. The normalized spacial score (nSPS) is 18.9. The number of fused-ring (bicyclic) bond motifs is 3. The molecule has 4 heterocycles. The first kappa shape index (κ1) is 20.6. The number of carbonyl (C=O) groups is 3. The Kier molecular flexibility index (Phi) is 5.25. The summed E-state index contributed by atoms with van der Waals surface area (Å²) in [5.41, 5.74) is 1.42. The number of carbonyl (C=O) groups excluding carboxylic acids is 3. The summed E-state index contributed by atoms with van der Waals surface area (Å²) in [6, 6.07) is 1.77. The number of piperidine rings is 1. The first-order valence-electron chi connectivity index (χ1n) is 10.1. The van der Waals surface area contributed by atoms with E-state index in [1.54, 1.807) is 31.4 Å². The van der Waals surface area contributed by atoms with Gasteiger partial charge in [-0.15, -0.1) is 0 Å². The number of amides is 4. The molecule has 1 aliphatic heterocycles. The Hall–Kier alpha value is -3.63. The fourth-order valence-electron chi connectivity index (χ4n) is 4.09. The number of H-pyrrole nitrogens is 1. The van der Waals surface area contributed by atoms with Crippen molar-refractivity contribution in [1.29, 1.82) is 0 Å². The molecule has 2 atom stereocenters. The zero-order chi connectivity index (χ0) is 22.3. The van der Waals surface area contributed by atoms with Gasteiger partial charge in [-0.05, 0) is 18.4 Å².